The van der Waals surface area contributed by atoms with Crippen molar-refractivity contribution in [2.75, 3.05) is 0 Å². The lowest BCUT2D eigenvalue weighted by molar-refractivity contribution is 0.636. The van der Waals surface area contributed by atoms with Gasteiger partial charge in [-0.2, -0.15) is 0 Å². The average Bonchev–Trinajstić information content (AvgIpc) is 1.58. The molecule has 0 nitrogen and oxygen atoms in total. The first-order valence-electron chi connectivity index (χ1n) is 3.81. The summed E-state index contributed by atoms with van der Waals surface area (Å²) < 4.78 is 0. The van der Waals surface area contributed by atoms with Crippen LogP contribution in [0.5, 0.6) is 0 Å². The van der Waals surface area contributed by atoms with Crippen LogP contribution in [0.1, 0.15) is 34.1 Å². The molecule has 1 heteroatoms. The molecule has 0 heterocycles. The summed E-state index contributed by atoms with van der Waals surface area (Å²) in [5.74, 6) is 0.623. The van der Waals surface area contributed by atoms with Crippen LogP contribution in [0.15, 0.2) is 11.6 Å². The van der Waals surface area contributed by atoms with Gasteiger partial charge in [0.1, 0.15) is 0 Å². The summed E-state index contributed by atoms with van der Waals surface area (Å²) in [4.78, 5) is 0. The van der Waals surface area contributed by atoms with Crippen molar-refractivity contribution in [1.29, 1.82) is 0 Å². The highest BCUT2D eigenvalue weighted by Gasteiger charge is 2.01. The Labute approximate surface area is 69.3 Å². The fourth-order valence-corrected chi connectivity index (χ4v) is 1.43. The summed E-state index contributed by atoms with van der Waals surface area (Å²) in [7, 11) is 0. The van der Waals surface area contributed by atoms with E-state index in [2.05, 4.69) is 26.8 Å². The lowest BCUT2D eigenvalue weighted by Gasteiger charge is -2.07. The Morgan fingerprint density at radius 3 is 2.20 bits per heavy atom. The first kappa shape index (κ1) is 10.0. The van der Waals surface area contributed by atoms with Crippen LogP contribution in [0.2, 0.25) is 0 Å². The third kappa shape index (κ3) is 6.15. The van der Waals surface area contributed by atoms with E-state index in [-0.39, 0.29) is 0 Å². The normalized spacial score (nSPS) is 16.1. The van der Waals surface area contributed by atoms with E-state index in [1.807, 2.05) is 6.92 Å². The molecule has 0 spiro atoms. The fourth-order valence-electron chi connectivity index (χ4n) is 1.15. The molecule has 0 aromatic heterocycles. The van der Waals surface area contributed by atoms with Crippen molar-refractivity contribution in [3.63, 3.8) is 0 Å². The molecule has 0 N–H and O–H groups in total. The zero-order valence-corrected chi connectivity index (χ0v) is 8.07. The number of allylic oxidation sites excluding steroid dienone is 2. The molecule has 0 saturated carbocycles. The quantitative estimate of drug-likeness (QED) is 0.437. The minimum Gasteiger partial charge on any atom is -0.123 e. The number of hydrogen-bond donors (Lipinski definition) is 0. The molecule has 10 heavy (non-hydrogen) atoms. The van der Waals surface area contributed by atoms with E-state index in [4.69, 9.17) is 11.6 Å². The maximum Gasteiger partial charge on any atom is 0.0313 e. The molecule has 0 aliphatic rings. The highest BCUT2D eigenvalue weighted by molar-refractivity contribution is 6.20. The second kappa shape index (κ2) is 4.79. The Hall–Kier alpha value is 0.0300. The van der Waals surface area contributed by atoms with Crippen molar-refractivity contribution in [2.45, 2.75) is 39.5 Å². The van der Waals surface area contributed by atoms with Crippen molar-refractivity contribution < 1.29 is 0 Å². The molecule has 0 saturated heterocycles. The van der Waals surface area contributed by atoms with Gasteiger partial charge in [0.2, 0.25) is 0 Å². The Morgan fingerprint density at radius 2 is 1.90 bits per heavy atom. The molecule has 2 unspecified atom stereocenters. The van der Waals surface area contributed by atoms with Crippen LogP contribution in [-0.2, 0) is 0 Å². The third-order valence-corrected chi connectivity index (χ3v) is 1.49. The summed E-state index contributed by atoms with van der Waals surface area (Å²) in [6.07, 6.45) is 3.34. The van der Waals surface area contributed by atoms with E-state index in [1.54, 1.807) is 0 Å². The van der Waals surface area contributed by atoms with Gasteiger partial charge in [-0.1, -0.05) is 18.6 Å². The number of alkyl halides is 1. The predicted octanol–water partition coefficient (Wildman–Crippen LogP) is 3.61. The summed E-state index contributed by atoms with van der Waals surface area (Å²) in [6.45, 7) is 8.48. The summed E-state index contributed by atoms with van der Waals surface area (Å²) in [5.41, 5.74) is 1.38. The van der Waals surface area contributed by atoms with Gasteiger partial charge in [-0.25, -0.2) is 0 Å². The molecule has 0 aromatic carbocycles. The SMILES string of the molecule is CC(C)=CC(C)CC(C)Cl. The smallest absolute Gasteiger partial charge is 0.0313 e. The minimum atomic E-state index is 0.297. The topological polar surface area (TPSA) is 0 Å². The van der Waals surface area contributed by atoms with E-state index in [9.17, 15) is 0 Å². The monoisotopic (exact) mass is 160 g/mol. The van der Waals surface area contributed by atoms with Gasteiger partial charge in [0.05, 0.1) is 0 Å². The molecule has 0 radical (unpaired) electrons. The summed E-state index contributed by atoms with van der Waals surface area (Å²) in [6, 6.07) is 0. The first-order valence-corrected chi connectivity index (χ1v) is 4.25. The van der Waals surface area contributed by atoms with Gasteiger partial charge in [0, 0.05) is 5.38 Å². The minimum absolute atomic E-state index is 0.297. The Balaban J connectivity index is 3.64. The van der Waals surface area contributed by atoms with E-state index >= 15 is 0 Å². The van der Waals surface area contributed by atoms with Crippen LogP contribution >= 0.6 is 11.6 Å². The van der Waals surface area contributed by atoms with Crippen molar-refractivity contribution in [2.24, 2.45) is 5.92 Å². The number of halogens is 1. The number of hydrogen-bond acceptors (Lipinski definition) is 0. The maximum absolute atomic E-state index is 5.83. The molecule has 0 fully saturated rings. The van der Waals surface area contributed by atoms with E-state index in [1.165, 1.54) is 5.57 Å². The number of rotatable bonds is 3. The Kier molecular flexibility index (Phi) is 4.80. The second-order valence-electron chi connectivity index (χ2n) is 3.24. The molecule has 0 aliphatic heterocycles. The molecule has 0 rings (SSSR count). The van der Waals surface area contributed by atoms with E-state index in [0.29, 0.717) is 11.3 Å². The third-order valence-electron chi connectivity index (χ3n) is 1.31. The molecule has 2 atom stereocenters. The molecular formula is C9H17Cl. The van der Waals surface area contributed by atoms with Crippen LogP contribution in [0.4, 0.5) is 0 Å². The summed E-state index contributed by atoms with van der Waals surface area (Å²) in [5, 5.41) is 0.297. The second-order valence-corrected chi connectivity index (χ2v) is 3.98. The van der Waals surface area contributed by atoms with Gasteiger partial charge in [-0.3, -0.25) is 0 Å². The molecule has 0 amide bonds. The van der Waals surface area contributed by atoms with Crippen LogP contribution in [0, 0.1) is 5.92 Å². The molecular weight excluding hydrogens is 144 g/mol. The lowest BCUT2D eigenvalue weighted by atomic mass is 10.0. The van der Waals surface area contributed by atoms with Gasteiger partial charge in [-0.05, 0) is 33.1 Å². The van der Waals surface area contributed by atoms with Gasteiger partial charge < -0.3 is 0 Å². The Morgan fingerprint density at radius 1 is 1.40 bits per heavy atom. The van der Waals surface area contributed by atoms with Crippen LogP contribution < -0.4 is 0 Å². The van der Waals surface area contributed by atoms with Gasteiger partial charge >= 0.3 is 0 Å². The molecule has 0 aromatic rings. The average molecular weight is 161 g/mol. The highest BCUT2D eigenvalue weighted by atomic mass is 35.5. The Bertz CT molecular complexity index is 110. The van der Waals surface area contributed by atoms with Crippen molar-refractivity contribution in [3.8, 4) is 0 Å². The van der Waals surface area contributed by atoms with Crippen LogP contribution in [0.3, 0.4) is 0 Å². The van der Waals surface area contributed by atoms with Crippen LogP contribution in [-0.4, -0.2) is 5.38 Å². The fraction of sp³-hybridized carbons (Fsp3) is 0.778. The van der Waals surface area contributed by atoms with Crippen molar-refractivity contribution >= 4 is 11.6 Å². The zero-order chi connectivity index (χ0) is 8.15. The van der Waals surface area contributed by atoms with E-state index < -0.39 is 0 Å². The zero-order valence-electron chi connectivity index (χ0n) is 7.32. The standard InChI is InChI=1S/C9H17Cl/c1-7(2)5-8(3)6-9(4)10/h5,8-9H,6H2,1-4H3. The highest BCUT2D eigenvalue weighted by Crippen LogP contribution is 2.13. The van der Waals surface area contributed by atoms with Gasteiger partial charge in [0.25, 0.3) is 0 Å². The van der Waals surface area contributed by atoms with Crippen LogP contribution in [0.25, 0.3) is 0 Å². The molecule has 60 valence electrons. The molecule has 0 aliphatic carbocycles. The molecule has 0 bridgehead atoms. The van der Waals surface area contributed by atoms with Gasteiger partial charge in [-0.15, -0.1) is 11.6 Å². The summed E-state index contributed by atoms with van der Waals surface area (Å²) >= 11 is 5.83. The maximum atomic E-state index is 5.83. The van der Waals surface area contributed by atoms with Gasteiger partial charge in [0.15, 0.2) is 0 Å². The predicted molar refractivity (Wildman–Crippen MR) is 48.5 cm³/mol. The lowest BCUT2D eigenvalue weighted by Crippen LogP contribution is -1.99. The largest absolute Gasteiger partial charge is 0.123 e. The van der Waals surface area contributed by atoms with E-state index in [0.717, 1.165) is 6.42 Å². The van der Waals surface area contributed by atoms with Crippen molar-refractivity contribution in [3.05, 3.63) is 11.6 Å². The first-order chi connectivity index (χ1) is 4.52. The van der Waals surface area contributed by atoms with Crippen molar-refractivity contribution in [1.82, 2.24) is 0 Å².